The fourth-order valence-corrected chi connectivity index (χ4v) is 3.61. The van der Waals surface area contributed by atoms with Crippen molar-refractivity contribution in [3.05, 3.63) is 35.4 Å². The lowest BCUT2D eigenvalue weighted by atomic mass is 9.79. The maximum absolute atomic E-state index is 12.3. The summed E-state index contributed by atoms with van der Waals surface area (Å²) in [4.78, 5) is 14.4. The van der Waals surface area contributed by atoms with Crippen LogP contribution in [0.4, 0.5) is 0 Å². The molecule has 0 saturated carbocycles. The number of nitrogens with two attached hydrogens (primary N) is 1. The minimum Gasteiger partial charge on any atom is -0.333 e. The normalized spacial score (nSPS) is 22.2. The van der Waals surface area contributed by atoms with Gasteiger partial charge in [0.15, 0.2) is 0 Å². The van der Waals surface area contributed by atoms with E-state index in [9.17, 15) is 4.79 Å². The van der Waals surface area contributed by atoms with E-state index in [2.05, 4.69) is 34.5 Å². The number of nitrogens with one attached hydrogen (secondary N) is 1. The van der Waals surface area contributed by atoms with Gasteiger partial charge < -0.3 is 16.0 Å². The van der Waals surface area contributed by atoms with Gasteiger partial charge in [-0.3, -0.25) is 4.79 Å². The average Bonchev–Trinajstić information content (AvgIpc) is 2.95. The number of carbonyl (C=O) groups excluding carboxylic acids is 1. The quantitative estimate of drug-likeness (QED) is 0.874. The number of hydrogen-bond acceptors (Lipinski definition) is 3. The van der Waals surface area contributed by atoms with Crippen molar-refractivity contribution in [2.45, 2.75) is 37.8 Å². The number of carbonyl (C=O) groups is 1. The molecule has 4 nitrogen and oxygen atoms in total. The summed E-state index contributed by atoms with van der Waals surface area (Å²) in [7, 11) is 0. The molecular formula is C16H23N3O. The van der Waals surface area contributed by atoms with Crippen LogP contribution in [-0.2, 0) is 16.9 Å². The molecule has 0 aliphatic carbocycles. The third-order valence-corrected chi connectivity index (χ3v) is 4.75. The van der Waals surface area contributed by atoms with E-state index in [4.69, 9.17) is 5.73 Å². The Morgan fingerprint density at radius 1 is 1.20 bits per heavy atom. The SMILES string of the molecule is NCc1ccc(C2(N3CCCC3=O)CCNCC2)cc1. The second kappa shape index (κ2) is 5.54. The van der Waals surface area contributed by atoms with Crippen molar-refractivity contribution in [3.63, 3.8) is 0 Å². The average molecular weight is 273 g/mol. The van der Waals surface area contributed by atoms with E-state index in [1.54, 1.807) is 0 Å². The summed E-state index contributed by atoms with van der Waals surface area (Å²) < 4.78 is 0. The topological polar surface area (TPSA) is 58.4 Å². The van der Waals surface area contributed by atoms with Gasteiger partial charge in [-0.05, 0) is 43.5 Å². The Bertz CT molecular complexity index is 477. The molecule has 0 radical (unpaired) electrons. The summed E-state index contributed by atoms with van der Waals surface area (Å²) in [5, 5.41) is 3.41. The van der Waals surface area contributed by atoms with Crippen LogP contribution in [0.25, 0.3) is 0 Å². The van der Waals surface area contributed by atoms with Crippen molar-refractivity contribution in [1.29, 1.82) is 0 Å². The zero-order valence-electron chi connectivity index (χ0n) is 11.9. The highest BCUT2D eigenvalue weighted by molar-refractivity contribution is 5.79. The highest BCUT2D eigenvalue weighted by atomic mass is 16.2. The molecule has 2 aliphatic rings. The van der Waals surface area contributed by atoms with Gasteiger partial charge in [0, 0.05) is 19.5 Å². The van der Waals surface area contributed by atoms with Crippen molar-refractivity contribution in [3.8, 4) is 0 Å². The summed E-state index contributed by atoms with van der Waals surface area (Å²) >= 11 is 0. The Morgan fingerprint density at radius 2 is 1.90 bits per heavy atom. The van der Waals surface area contributed by atoms with Gasteiger partial charge in [0.25, 0.3) is 0 Å². The second-order valence-electron chi connectivity index (χ2n) is 5.83. The zero-order chi connectivity index (χ0) is 14.0. The standard InChI is InChI=1S/C16H23N3O/c17-12-13-3-5-14(6-4-13)16(7-9-18-10-8-16)19-11-1-2-15(19)20/h3-6,18H,1-2,7-12,17H2. The summed E-state index contributed by atoms with van der Waals surface area (Å²) in [6.07, 6.45) is 3.70. The molecule has 4 heteroatoms. The lowest BCUT2D eigenvalue weighted by molar-refractivity contribution is -0.134. The first kappa shape index (κ1) is 13.6. The third kappa shape index (κ3) is 2.23. The monoisotopic (exact) mass is 273 g/mol. The lowest BCUT2D eigenvalue weighted by Gasteiger charge is -2.45. The molecule has 3 rings (SSSR count). The number of hydrogen-bond donors (Lipinski definition) is 2. The fraction of sp³-hybridized carbons (Fsp3) is 0.562. The summed E-state index contributed by atoms with van der Waals surface area (Å²) in [6, 6.07) is 8.53. The van der Waals surface area contributed by atoms with E-state index in [0.29, 0.717) is 18.9 Å². The molecular weight excluding hydrogens is 250 g/mol. The molecule has 2 heterocycles. The van der Waals surface area contributed by atoms with Crippen molar-refractivity contribution in [1.82, 2.24) is 10.2 Å². The highest BCUT2D eigenvalue weighted by Crippen LogP contribution is 2.39. The molecule has 2 aliphatic heterocycles. The van der Waals surface area contributed by atoms with Crippen molar-refractivity contribution < 1.29 is 4.79 Å². The van der Waals surface area contributed by atoms with Gasteiger partial charge in [-0.2, -0.15) is 0 Å². The molecule has 0 spiro atoms. The minimum absolute atomic E-state index is 0.105. The summed E-state index contributed by atoms with van der Waals surface area (Å²) in [6.45, 7) is 3.42. The molecule has 0 bridgehead atoms. The number of benzene rings is 1. The van der Waals surface area contributed by atoms with Crippen LogP contribution in [0.15, 0.2) is 24.3 Å². The predicted octanol–water partition coefficient (Wildman–Crippen LogP) is 1.35. The van der Waals surface area contributed by atoms with Gasteiger partial charge in [-0.25, -0.2) is 0 Å². The van der Waals surface area contributed by atoms with Crippen molar-refractivity contribution in [2.75, 3.05) is 19.6 Å². The predicted molar refractivity (Wildman–Crippen MR) is 79.1 cm³/mol. The van der Waals surface area contributed by atoms with Gasteiger partial charge in [-0.15, -0.1) is 0 Å². The molecule has 1 aromatic carbocycles. The second-order valence-corrected chi connectivity index (χ2v) is 5.83. The number of rotatable bonds is 3. The molecule has 0 atom stereocenters. The minimum atomic E-state index is -0.105. The van der Waals surface area contributed by atoms with Gasteiger partial charge in [0.1, 0.15) is 0 Å². The van der Waals surface area contributed by atoms with Crippen LogP contribution in [0.2, 0.25) is 0 Å². The van der Waals surface area contributed by atoms with Crippen LogP contribution in [0, 0.1) is 0 Å². The molecule has 1 amide bonds. The first-order valence-corrected chi connectivity index (χ1v) is 7.57. The van der Waals surface area contributed by atoms with E-state index in [1.807, 2.05) is 0 Å². The van der Waals surface area contributed by atoms with E-state index in [0.717, 1.165) is 44.5 Å². The van der Waals surface area contributed by atoms with Crippen molar-refractivity contribution >= 4 is 5.91 Å². The fourth-order valence-electron chi connectivity index (χ4n) is 3.61. The molecule has 1 aromatic rings. The first-order valence-electron chi connectivity index (χ1n) is 7.57. The van der Waals surface area contributed by atoms with Crippen LogP contribution >= 0.6 is 0 Å². The lowest BCUT2D eigenvalue weighted by Crippen LogP contribution is -2.52. The number of likely N-dealkylation sites (tertiary alicyclic amines) is 1. The molecule has 108 valence electrons. The largest absolute Gasteiger partial charge is 0.333 e. The Labute approximate surface area is 120 Å². The first-order chi connectivity index (χ1) is 9.76. The molecule has 0 aromatic heterocycles. The van der Waals surface area contributed by atoms with Crippen LogP contribution in [0.3, 0.4) is 0 Å². The summed E-state index contributed by atoms with van der Waals surface area (Å²) in [5.74, 6) is 0.315. The molecule has 3 N–H and O–H groups in total. The molecule has 0 unspecified atom stereocenters. The van der Waals surface area contributed by atoms with Crippen LogP contribution in [0.1, 0.15) is 36.8 Å². The van der Waals surface area contributed by atoms with Crippen LogP contribution < -0.4 is 11.1 Å². The molecule has 2 fully saturated rings. The number of amides is 1. The van der Waals surface area contributed by atoms with Gasteiger partial charge in [-0.1, -0.05) is 24.3 Å². The number of piperidine rings is 1. The molecule has 2 saturated heterocycles. The van der Waals surface area contributed by atoms with E-state index < -0.39 is 0 Å². The number of nitrogens with zero attached hydrogens (tertiary/aromatic N) is 1. The third-order valence-electron chi connectivity index (χ3n) is 4.75. The highest BCUT2D eigenvalue weighted by Gasteiger charge is 2.43. The van der Waals surface area contributed by atoms with E-state index in [1.165, 1.54) is 5.56 Å². The molecule has 20 heavy (non-hydrogen) atoms. The summed E-state index contributed by atoms with van der Waals surface area (Å²) in [5.41, 5.74) is 7.99. The zero-order valence-corrected chi connectivity index (χ0v) is 11.9. The maximum atomic E-state index is 12.3. The van der Waals surface area contributed by atoms with E-state index in [-0.39, 0.29) is 5.54 Å². The smallest absolute Gasteiger partial charge is 0.223 e. The van der Waals surface area contributed by atoms with Crippen molar-refractivity contribution in [2.24, 2.45) is 5.73 Å². The van der Waals surface area contributed by atoms with Gasteiger partial charge in [0.05, 0.1) is 5.54 Å². The van der Waals surface area contributed by atoms with Crippen LogP contribution in [0.5, 0.6) is 0 Å². The van der Waals surface area contributed by atoms with Crippen LogP contribution in [-0.4, -0.2) is 30.4 Å². The Kier molecular flexibility index (Phi) is 3.76. The van der Waals surface area contributed by atoms with Gasteiger partial charge >= 0.3 is 0 Å². The van der Waals surface area contributed by atoms with Gasteiger partial charge in [0.2, 0.25) is 5.91 Å². The Hall–Kier alpha value is -1.39. The Balaban J connectivity index is 1.97. The Morgan fingerprint density at radius 3 is 2.45 bits per heavy atom. The maximum Gasteiger partial charge on any atom is 0.223 e. The van der Waals surface area contributed by atoms with E-state index >= 15 is 0 Å².